The molecular weight excluding hydrogens is 234 g/mol. The molecule has 1 unspecified atom stereocenters. The van der Waals surface area contributed by atoms with Gasteiger partial charge in [-0.25, -0.2) is 0 Å². The molecule has 0 saturated heterocycles. The van der Waals surface area contributed by atoms with Gasteiger partial charge in [-0.2, -0.15) is 0 Å². The fourth-order valence-electron chi connectivity index (χ4n) is 4.34. The second-order valence-corrected chi connectivity index (χ2v) is 6.66. The van der Waals surface area contributed by atoms with Crippen molar-refractivity contribution in [2.45, 2.75) is 89.2 Å². The first kappa shape index (κ1) is 15.3. The molecule has 0 radical (unpaired) electrons. The van der Waals surface area contributed by atoms with E-state index >= 15 is 0 Å². The number of nitrogens with one attached hydrogen (secondary N) is 1. The van der Waals surface area contributed by atoms with E-state index in [1.165, 1.54) is 70.6 Å². The van der Waals surface area contributed by atoms with E-state index in [9.17, 15) is 0 Å². The maximum absolute atomic E-state index is 6.13. The molecule has 1 atom stereocenters. The first-order valence-corrected chi connectivity index (χ1v) is 8.61. The SMILES string of the molecule is CCCNC(C1CCCCC1)C1(OC)CCCCC1. The van der Waals surface area contributed by atoms with E-state index in [0.717, 1.165) is 12.5 Å². The van der Waals surface area contributed by atoms with Crippen LogP contribution in [-0.4, -0.2) is 25.3 Å². The summed E-state index contributed by atoms with van der Waals surface area (Å²) in [6, 6.07) is 0.595. The van der Waals surface area contributed by atoms with Gasteiger partial charge in [-0.3, -0.25) is 0 Å². The zero-order chi connectivity index (χ0) is 13.6. The van der Waals surface area contributed by atoms with E-state index in [-0.39, 0.29) is 5.60 Å². The third-order valence-corrected chi connectivity index (χ3v) is 5.41. The Hall–Kier alpha value is -0.0800. The smallest absolute Gasteiger partial charge is 0.0833 e. The molecule has 0 aromatic carbocycles. The van der Waals surface area contributed by atoms with Crippen LogP contribution >= 0.6 is 0 Å². The Balaban J connectivity index is 2.08. The van der Waals surface area contributed by atoms with Crippen molar-refractivity contribution in [3.8, 4) is 0 Å². The summed E-state index contributed by atoms with van der Waals surface area (Å²) in [7, 11) is 1.95. The second kappa shape index (κ2) is 7.64. The fraction of sp³-hybridized carbons (Fsp3) is 1.00. The highest BCUT2D eigenvalue weighted by atomic mass is 16.5. The van der Waals surface area contributed by atoms with Crippen LogP contribution in [0, 0.1) is 5.92 Å². The first-order valence-electron chi connectivity index (χ1n) is 8.61. The van der Waals surface area contributed by atoms with Gasteiger partial charge in [-0.05, 0) is 44.6 Å². The van der Waals surface area contributed by atoms with Crippen molar-refractivity contribution in [1.82, 2.24) is 5.32 Å². The van der Waals surface area contributed by atoms with Gasteiger partial charge in [0.2, 0.25) is 0 Å². The van der Waals surface area contributed by atoms with Crippen LogP contribution in [0.25, 0.3) is 0 Å². The van der Waals surface area contributed by atoms with E-state index in [1.807, 2.05) is 7.11 Å². The van der Waals surface area contributed by atoms with E-state index in [4.69, 9.17) is 4.74 Å². The molecule has 2 saturated carbocycles. The lowest BCUT2D eigenvalue weighted by atomic mass is 9.70. The van der Waals surface area contributed by atoms with Gasteiger partial charge in [0.25, 0.3) is 0 Å². The molecule has 0 aromatic heterocycles. The van der Waals surface area contributed by atoms with E-state index in [0.29, 0.717) is 6.04 Å². The monoisotopic (exact) mass is 267 g/mol. The van der Waals surface area contributed by atoms with E-state index in [1.54, 1.807) is 0 Å². The molecule has 2 aliphatic rings. The van der Waals surface area contributed by atoms with Gasteiger partial charge < -0.3 is 10.1 Å². The third-order valence-electron chi connectivity index (χ3n) is 5.41. The fourth-order valence-corrected chi connectivity index (χ4v) is 4.34. The Morgan fingerprint density at radius 1 is 1.05 bits per heavy atom. The average Bonchev–Trinajstić information content (AvgIpc) is 2.49. The standard InChI is InChI=1S/C17H33NO/c1-3-14-18-16(15-10-6-4-7-11-15)17(19-2)12-8-5-9-13-17/h15-16,18H,3-14H2,1-2H3. The van der Waals surface area contributed by atoms with Gasteiger partial charge >= 0.3 is 0 Å². The number of rotatable bonds is 6. The molecule has 2 aliphatic carbocycles. The molecule has 0 amide bonds. The van der Waals surface area contributed by atoms with Gasteiger partial charge in [0.1, 0.15) is 0 Å². The Morgan fingerprint density at radius 2 is 1.68 bits per heavy atom. The Morgan fingerprint density at radius 3 is 2.26 bits per heavy atom. The summed E-state index contributed by atoms with van der Waals surface area (Å²) in [6.07, 6.45) is 15.0. The molecule has 0 bridgehead atoms. The van der Waals surface area contributed by atoms with Gasteiger partial charge in [0.15, 0.2) is 0 Å². The Kier molecular flexibility index (Phi) is 6.15. The van der Waals surface area contributed by atoms with Crippen molar-refractivity contribution in [3.05, 3.63) is 0 Å². The summed E-state index contributed by atoms with van der Waals surface area (Å²) < 4.78 is 6.13. The highest BCUT2D eigenvalue weighted by Crippen LogP contribution is 2.40. The number of hydrogen-bond donors (Lipinski definition) is 1. The van der Waals surface area contributed by atoms with E-state index < -0.39 is 0 Å². The lowest BCUT2D eigenvalue weighted by Gasteiger charge is -2.47. The highest BCUT2D eigenvalue weighted by Gasteiger charge is 2.43. The number of hydrogen-bond acceptors (Lipinski definition) is 2. The van der Waals surface area contributed by atoms with Crippen LogP contribution in [0.4, 0.5) is 0 Å². The molecule has 2 nitrogen and oxygen atoms in total. The maximum Gasteiger partial charge on any atom is 0.0833 e. The predicted octanol–water partition coefficient (Wildman–Crippen LogP) is 4.28. The minimum atomic E-state index is 0.134. The molecule has 1 N–H and O–H groups in total. The average molecular weight is 267 g/mol. The largest absolute Gasteiger partial charge is 0.377 e. The molecule has 2 heteroatoms. The highest BCUT2D eigenvalue weighted by molar-refractivity contribution is 4.99. The zero-order valence-corrected chi connectivity index (χ0v) is 13.0. The van der Waals surface area contributed by atoms with E-state index in [2.05, 4.69) is 12.2 Å². The maximum atomic E-state index is 6.13. The number of methoxy groups -OCH3 is 1. The zero-order valence-electron chi connectivity index (χ0n) is 13.0. The quantitative estimate of drug-likeness (QED) is 0.775. The molecule has 19 heavy (non-hydrogen) atoms. The van der Waals surface area contributed by atoms with Crippen LogP contribution in [0.15, 0.2) is 0 Å². The van der Waals surface area contributed by atoms with Crippen molar-refractivity contribution in [2.24, 2.45) is 5.92 Å². The molecule has 0 aliphatic heterocycles. The van der Waals surface area contributed by atoms with Crippen LogP contribution in [0.3, 0.4) is 0 Å². The van der Waals surface area contributed by atoms with Crippen molar-refractivity contribution in [2.75, 3.05) is 13.7 Å². The summed E-state index contributed by atoms with van der Waals surface area (Å²) in [4.78, 5) is 0. The minimum Gasteiger partial charge on any atom is -0.377 e. The topological polar surface area (TPSA) is 21.3 Å². The summed E-state index contributed by atoms with van der Waals surface area (Å²) >= 11 is 0. The molecule has 0 aromatic rings. The summed E-state index contributed by atoms with van der Waals surface area (Å²) in [5.74, 6) is 0.846. The van der Waals surface area contributed by atoms with Crippen LogP contribution in [-0.2, 0) is 4.74 Å². The van der Waals surface area contributed by atoms with Crippen molar-refractivity contribution in [1.29, 1.82) is 0 Å². The van der Waals surface area contributed by atoms with Gasteiger partial charge in [0, 0.05) is 13.2 Å². The van der Waals surface area contributed by atoms with Crippen LogP contribution in [0.2, 0.25) is 0 Å². The summed E-state index contributed by atoms with van der Waals surface area (Å²) in [6.45, 7) is 3.41. The van der Waals surface area contributed by atoms with Gasteiger partial charge in [-0.1, -0.05) is 45.4 Å². The van der Waals surface area contributed by atoms with Crippen molar-refractivity contribution < 1.29 is 4.74 Å². The molecule has 0 spiro atoms. The molecular formula is C17H33NO. The Labute approximate surface area is 119 Å². The molecule has 0 heterocycles. The van der Waals surface area contributed by atoms with Crippen molar-refractivity contribution in [3.63, 3.8) is 0 Å². The molecule has 112 valence electrons. The third kappa shape index (κ3) is 3.72. The predicted molar refractivity (Wildman–Crippen MR) is 81.5 cm³/mol. The van der Waals surface area contributed by atoms with Crippen molar-refractivity contribution >= 4 is 0 Å². The normalized spacial score (nSPS) is 26.2. The van der Waals surface area contributed by atoms with Gasteiger partial charge in [0.05, 0.1) is 5.60 Å². The first-order chi connectivity index (χ1) is 9.32. The lowest BCUT2D eigenvalue weighted by molar-refractivity contribution is -0.0851. The lowest BCUT2D eigenvalue weighted by Crippen LogP contribution is -2.57. The van der Waals surface area contributed by atoms with Crippen LogP contribution in [0.5, 0.6) is 0 Å². The Bertz CT molecular complexity index is 242. The minimum absolute atomic E-state index is 0.134. The van der Waals surface area contributed by atoms with Gasteiger partial charge in [-0.15, -0.1) is 0 Å². The summed E-state index contributed by atoms with van der Waals surface area (Å²) in [5, 5.41) is 3.88. The van der Waals surface area contributed by atoms with Crippen LogP contribution in [0.1, 0.15) is 77.6 Å². The van der Waals surface area contributed by atoms with Crippen LogP contribution < -0.4 is 5.32 Å². The number of ether oxygens (including phenoxy) is 1. The molecule has 2 fully saturated rings. The molecule has 2 rings (SSSR count). The summed E-state index contributed by atoms with van der Waals surface area (Å²) in [5.41, 5.74) is 0.134. The second-order valence-electron chi connectivity index (χ2n) is 6.66.